The smallest absolute Gasteiger partial charge is 0.340 e. The van der Waals surface area contributed by atoms with Crippen LogP contribution < -0.4 is 20.1 Å². The molecule has 8 nitrogen and oxygen atoms in total. The molecule has 10 heteroatoms. The normalized spacial score (nSPS) is 10.3. The van der Waals surface area contributed by atoms with Gasteiger partial charge in [-0.05, 0) is 17.5 Å². The van der Waals surface area contributed by atoms with E-state index in [2.05, 4.69) is 10.6 Å². The molecule has 1 heterocycles. The van der Waals surface area contributed by atoms with Gasteiger partial charge in [-0.25, -0.2) is 9.18 Å². The van der Waals surface area contributed by atoms with Crippen molar-refractivity contribution in [2.75, 3.05) is 26.1 Å². The van der Waals surface area contributed by atoms with Crippen molar-refractivity contribution in [3.8, 4) is 11.5 Å². The summed E-state index contributed by atoms with van der Waals surface area (Å²) in [5, 5.41) is 6.89. The average Bonchev–Trinajstić information content (AvgIpc) is 3.37. The van der Waals surface area contributed by atoms with E-state index in [1.807, 2.05) is 0 Å². The van der Waals surface area contributed by atoms with Crippen LogP contribution in [0.4, 0.5) is 10.1 Å². The number of amides is 2. The topological polar surface area (TPSA) is 103 Å². The Morgan fingerprint density at radius 1 is 1.00 bits per heavy atom. The third-order valence-corrected chi connectivity index (χ3v) is 5.37. The third kappa shape index (κ3) is 6.07. The number of carbonyl (C=O) groups is 3. The molecule has 2 aromatic carbocycles. The minimum atomic E-state index is -0.863. The van der Waals surface area contributed by atoms with Gasteiger partial charge in [0.25, 0.3) is 11.8 Å². The van der Waals surface area contributed by atoms with E-state index in [0.29, 0.717) is 10.4 Å². The molecule has 2 N–H and O–H groups in total. The number of rotatable bonds is 9. The zero-order valence-electron chi connectivity index (χ0n) is 17.8. The van der Waals surface area contributed by atoms with Gasteiger partial charge in [0.15, 0.2) is 18.1 Å². The van der Waals surface area contributed by atoms with Gasteiger partial charge >= 0.3 is 5.97 Å². The molecule has 0 saturated heterocycles. The van der Waals surface area contributed by atoms with Gasteiger partial charge in [-0.2, -0.15) is 0 Å². The van der Waals surface area contributed by atoms with Crippen molar-refractivity contribution in [2.24, 2.45) is 0 Å². The van der Waals surface area contributed by atoms with E-state index < -0.39 is 30.2 Å². The Bertz CT molecular complexity index is 1150. The van der Waals surface area contributed by atoms with Gasteiger partial charge in [-0.15, -0.1) is 11.3 Å². The molecule has 2 amide bonds. The monoisotopic (exact) mass is 472 g/mol. The van der Waals surface area contributed by atoms with E-state index in [1.165, 1.54) is 49.8 Å². The molecule has 0 radical (unpaired) electrons. The highest BCUT2D eigenvalue weighted by Gasteiger charge is 2.21. The lowest BCUT2D eigenvalue weighted by Gasteiger charge is -2.15. The van der Waals surface area contributed by atoms with Crippen LogP contribution in [0.15, 0.2) is 53.9 Å². The van der Waals surface area contributed by atoms with Gasteiger partial charge < -0.3 is 24.8 Å². The van der Waals surface area contributed by atoms with Crippen LogP contribution >= 0.6 is 11.3 Å². The average molecular weight is 472 g/mol. The van der Waals surface area contributed by atoms with E-state index >= 15 is 0 Å². The summed E-state index contributed by atoms with van der Waals surface area (Å²) < 4.78 is 29.2. The standard InChI is InChI=1S/C23H21FN2O6S/c1-30-18-10-15(17(11-19(18)31-2)26-22(28)20-8-5-9-33-20)23(29)32-13-21(27)25-12-14-6-3-4-7-16(14)24/h3-11H,12-13H2,1-2H3,(H,25,27)(H,26,28). The van der Waals surface area contributed by atoms with Gasteiger partial charge in [-0.1, -0.05) is 24.3 Å². The van der Waals surface area contributed by atoms with Crippen LogP contribution in [0.2, 0.25) is 0 Å². The molecule has 0 aliphatic carbocycles. The number of nitrogens with one attached hydrogen (secondary N) is 2. The van der Waals surface area contributed by atoms with Crippen LogP contribution in [-0.2, 0) is 16.1 Å². The second-order valence-corrected chi connectivity index (χ2v) is 7.58. The molecular formula is C23H21FN2O6S. The maximum absolute atomic E-state index is 13.7. The lowest BCUT2D eigenvalue weighted by atomic mass is 10.1. The summed E-state index contributed by atoms with van der Waals surface area (Å²) in [5.74, 6) is -1.82. The zero-order valence-corrected chi connectivity index (χ0v) is 18.7. The van der Waals surface area contributed by atoms with E-state index in [9.17, 15) is 18.8 Å². The zero-order chi connectivity index (χ0) is 23.8. The quantitative estimate of drug-likeness (QED) is 0.461. The van der Waals surface area contributed by atoms with Crippen LogP contribution in [0, 0.1) is 5.82 Å². The van der Waals surface area contributed by atoms with E-state index in [0.717, 1.165) is 0 Å². The van der Waals surface area contributed by atoms with Crippen molar-refractivity contribution < 1.29 is 33.0 Å². The first-order valence-electron chi connectivity index (χ1n) is 9.71. The molecule has 0 spiro atoms. The fourth-order valence-corrected chi connectivity index (χ4v) is 3.46. The summed E-state index contributed by atoms with van der Waals surface area (Å²) in [6, 6.07) is 12.1. The van der Waals surface area contributed by atoms with E-state index in [4.69, 9.17) is 14.2 Å². The molecule has 0 aliphatic rings. The predicted octanol–water partition coefficient (Wildman–Crippen LogP) is 3.63. The number of benzene rings is 2. The van der Waals surface area contributed by atoms with Crippen molar-refractivity contribution >= 4 is 34.8 Å². The number of halogens is 1. The Labute approximate surface area is 193 Å². The maximum atomic E-state index is 13.7. The summed E-state index contributed by atoms with van der Waals surface area (Å²) in [6.45, 7) is -0.651. The number of carbonyl (C=O) groups excluding carboxylic acids is 3. The van der Waals surface area contributed by atoms with Crippen LogP contribution in [0.25, 0.3) is 0 Å². The number of hydrogen-bond donors (Lipinski definition) is 2. The molecule has 0 unspecified atom stereocenters. The largest absolute Gasteiger partial charge is 0.493 e. The van der Waals surface area contributed by atoms with Gasteiger partial charge in [0, 0.05) is 24.2 Å². The van der Waals surface area contributed by atoms with Crippen molar-refractivity contribution in [3.05, 3.63) is 75.7 Å². The van der Waals surface area contributed by atoms with Crippen molar-refractivity contribution in [1.29, 1.82) is 0 Å². The highest BCUT2D eigenvalue weighted by atomic mass is 32.1. The number of ether oxygens (including phenoxy) is 3. The van der Waals surface area contributed by atoms with Crippen LogP contribution in [0.1, 0.15) is 25.6 Å². The highest BCUT2D eigenvalue weighted by molar-refractivity contribution is 7.12. The van der Waals surface area contributed by atoms with Crippen LogP contribution in [0.5, 0.6) is 11.5 Å². The SMILES string of the molecule is COc1cc(NC(=O)c2cccs2)c(C(=O)OCC(=O)NCc2ccccc2F)cc1OC. The number of thiophene rings is 1. The molecule has 0 bridgehead atoms. The Morgan fingerprint density at radius 3 is 2.39 bits per heavy atom. The minimum absolute atomic E-state index is 0.0283. The second-order valence-electron chi connectivity index (χ2n) is 6.63. The molecule has 0 aliphatic heterocycles. The molecule has 3 aromatic rings. The number of methoxy groups -OCH3 is 2. The molecule has 0 saturated carbocycles. The minimum Gasteiger partial charge on any atom is -0.493 e. The Kier molecular flexibility index (Phi) is 7.98. The number of hydrogen-bond acceptors (Lipinski definition) is 7. The second kappa shape index (κ2) is 11.1. The summed E-state index contributed by atoms with van der Waals surface area (Å²) >= 11 is 1.24. The third-order valence-electron chi connectivity index (χ3n) is 4.50. The van der Waals surface area contributed by atoms with E-state index in [1.54, 1.807) is 29.6 Å². The van der Waals surface area contributed by atoms with Gasteiger partial charge in [0.1, 0.15) is 5.82 Å². The van der Waals surface area contributed by atoms with Crippen LogP contribution in [-0.4, -0.2) is 38.6 Å². The first-order chi connectivity index (χ1) is 15.9. The lowest BCUT2D eigenvalue weighted by molar-refractivity contribution is -0.124. The summed E-state index contributed by atoms with van der Waals surface area (Å²) in [7, 11) is 2.81. The summed E-state index contributed by atoms with van der Waals surface area (Å²) in [4.78, 5) is 37.7. The lowest BCUT2D eigenvalue weighted by Crippen LogP contribution is -2.29. The summed E-state index contributed by atoms with van der Waals surface area (Å²) in [5.41, 5.74) is 0.401. The Morgan fingerprint density at radius 2 is 1.73 bits per heavy atom. The molecule has 172 valence electrons. The fourth-order valence-electron chi connectivity index (χ4n) is 2.84. The maximum Gasteiger partial charge on any atom is 0.340 e. The predicted molar refractivity (Wildman–Crippen MR) is 120 cm³/mol. The van der Waals surface area contributed by atoms with Crippen molar-refractivity contribution in [1.82, 2.24) is 5.32 Å². The first-order valence-corrected chi connectivity index (χ1v) is 10.6. The van der Waals surface area contributed by atoms with Crippen LogP contribution in [0.3, 0.4) is 0 Å². The Hall–Kier alpha value is -3.92. The molecule has 0 atom stereocenters. The molecule has 1 aromatic heterocycles. The highest BCUT2D eigenvalue weighted by Crippen LogP contribution is 2.34. The molecule has 33 heavy (non-hydrogen) atoms. The number of esters is 1. The van der Waals surface area contributed by atoms with Crippen molar-refractivity contribution in [2.45, 2.75) is 6.54 Å². The fraction of sp³-hybridized carbons (Fsp3) is 0.174. The van der Waals surface area contributed by atoms with E-state index in [-0.39, 0.29) is 29.3 Å². The van der Waals surface area contributed by atoms with Gasteiger partial charge in [0.05, 0.1) is 30.3 Å². The first kappa shape index (κ1) is 23.7. The molecule has 0 fully saturated rings. The Balaban J connectivity index is 1.71. The van der Waals surface area contributed by atoms with Gasteiger partial charge in [0.2, 0.25) is 0 Å². The molecule has 3 rings (SSSR count). The number of anilines is 1. The molecular weight excluding hydrogens is 451 g/mol. The van der Waals surface area contributed by atoms with Gasteiger partial charge in [-0.3, -0.25) is 9.59 Å². The van der Waals surface area contributed by atoms with Crippen molar-refractivity contribution in [3.63, 3.8) is 0 Å². The summed E-state index contributed by atoms with van der Waals surface area (Å²) in [6.07, 6.45) is 0.